The number of nitrogens with one attached hydrogen (secondary N) is 2. The summed E-state index contributed by atoms with van der Waals surface area (Å²) in [4.78, 5) is 16.2. The maximum Gasteiger partial charge on any atom is 0.407 e. The molecule has 0 spiro atoms. The fourth-order valence-electron chi connectivity index (χ4n) is 2.79. The Kier molecular flexibility index (Phi) is 5.62. The number of carbonyl (C=O) groups excluding carboxylic acids is 1. The molecule has 3 rings (SSSR count). The fourth-order valence-corrected chi connectivity index (χ4v) is 2.79. The number of hydrogen-bond donors (Lipinski definition) is 3. The molecule has 0 radical (unpaired) electrons. The van der Waals surface area contributed by atoms with Crippen LogP contribution in [0.1, 0.15) is 33.4 Å². The topological polar surface area (TPSA) is 124 Å². The lowest BCUT2D eigenvalue weighted by Gasteiger charge is -2.21. The number of H-pyrrole nitrogens is 1. The molecule has 152 valence electrons. The van der Waals surface area contributed by atoms with Crippen LogP contribution < -0.4 is 20.5 Å². The average Bonchev–Trinajstić information content (AvgIpc) is 3.24. The molecular weight excluding hydrogens is 362 g/mol. The highest BCUT2D eigenvalue weighted by molar-refractivity contribution is 5.76. The van der Waals surface area contributed by atoms with Gasteiger partial charge in [0.1, 0.15) is 11.4 Å². The van der Waals surface area contributed by atoms with Gasteiger partial charge in [-0.2, -0.15) is 5.10 Å². The molecule has 28 heavy (non-hydrogen) atoms. The summed E-state index contributed by atoms with van der Waals surface area (Å²) in [7, 11) is 0. The molecule has 9 nitrogen and oxygen atoms in total. The lowest BCUT2D eigenvalue weighted by Crippen LogP contribution is -2.35. The van der Waals surface area contributed by atoms with E-state index in [1.807, 2.05) is 27.7 Å². The second-order valence-corrected chi connectivity index (χ2v) is 7.88. The summed E-state index contributed by atoms with van der Waals surface area (Å²) in [6.07, 6.45) is 2.00. The van der Waals surface area contributed by atoms with Crippen molar-refractivity contribution in [2.24, 2.45) is 5.92 Å². The molecule has 1 aliphatic rings. The second-order valence-electron chi connectivity index (χ2n) is 7.88. The third kappa shape index (κ3) is 4.85. The van der Waals surface area contributed by atoms with Crippen molar-refractivity contribution >= 4 is 11.9 Å². The predicted molar refractivity (Wildman–Crippen MR) is 104 cm³/mol. The molecule has 0 unspecified atom stereocenters. The van der Waals surface area contributed by atoms with Gasteiger partial charge in [-0.25, -0.2) is 4.79 Å². The molecule has 1 amide bonds. The third-order valence-corrected chi connectivity index (χ3v) is 4.04. The SMILES string of the molecule is C[C@H](CNC(=O)OC(C)(C)C)COc1cnc2c(c1-c1cc(N)n[nH]1)OCC2. The largest absolute Gasteiger partial charge is 0.491 e. The zero-order valence-electron chi connectivity index (χ0n) is 16.7. The Hall–Kier alpha value is -2.97. The zero-order chi connectivity index (χ0) is 20.3. The molecular formula is C19H27N5O4. The van der Waals surface area contributed by atoms with Crippen LogP contribution in [0.4, 0.5) is 10.6 Å². The quantitative estimate of drug-likeness (QED) is 0.693. The number of ether oxygens (including phenoxy) is 3. The first kappa shape index (κ1) is 19.8. The Bertz CT molecular complexity index is 843. The lowest BCUT2D eigenvalue weighted by molar-refractivity contribution is 0.0516. The minimum absolute atomic E-state index is 0.0568. The number of hydrogen-bond acceptors (Lipinski definition) is 7. The van der Waals surface area contributed by atoms with E-state index in [2.05, 4.69) is 20.5 Å². The standard InChI is InChI=1S/C19H27N5O4/c1-11(8-22-18(25)28-19(2,3)4)10-27-14-9-21-12-5-6-26-17(12)16(14)13-7-15(20)24-23-13/h7,9,11H,5-6,8,10H2,1-4H3,(H,22,25)(H3,20,23,24)/t11-/m1/s1. The maximum atomic E-state index is 11.8. The molecule has 9 heteroatoms. The van der Waals surface area contributed by atoms with E-state index in [1.54, 1.807) is 12.3 Å². The average molecular weight is 389 g/mol. The Morgan fingerprint density at radius 1 is 1.46 bits per heavy atom. The molecule has 3 heterocycles. The van der Waals surface area contributed by atoms with Crippen LogP contribution in [-0.2, 0) is 11.2 Å². The third-order valence-electron chi connectivity index (χ3n) is 4.04. The van der Waals surface area contributed by atoms with Crippen molar-refractivity contribution in [3.05, 3.63) is 18.0 Å². The first-order chi connectivity index (χ1) is 13.2. The number of carbonyl (C=O) groups is 1. The van der Waals surface area contributed by atoms with Gasteiger partial charge >= 0.3 is 6.09 Å². The van der Waals surface area contributed by atoms with Crippen molar-refractivity contribution in [1.29, 1.82) is 0 Å². The Morgan fingerprint density at radius 3 is 2.93 bits per heavy atom. The summed E-state index contributed by atoms with van der Waals surface area (Å²) in [5.74, 6) is 1.72. The molecule has 0 saturated heterocycles. The number of nitrogen functional groups attached to an aromatic ring is 1. The summed E-state index contributed by atoms with van der Waals surface area (Å²) in [6, 6.07) is 1.73. The Labute approximate surface area is 164 Å². The number of pyridine rings is 1. The normalized spacial score (nSPS) is 14.1. The molecule has 0 saturated carbocycles. The molecule has 0 aliphatic carbocycles. The Morgan fingerprint density at radius 2 is 2.25 bits per heavy atom. The van der Waals surface area contributed by atoms with Gasteiger partial charge in [0.05, 0.1) is 36.4 Å². The molecule has 0 bridgehead atoms. The second kappa shape index (κ2) is 7.95. The van der Waals surface area contributed by atoms with Crippen LogP contribution in [0.5, 0.6) is 11.5 Å². The van der Waals surface area contributed by atoms with E-state index in [4.69, 9.17) is 19.9 Å². The van der Waals surface area contributed by atoms with Gasteiger partial charge in [-0.15, -0.1) is 0 Å². The van der Waals surface area contributed by atoms with Gasteiger partial charge in [0, 0.05) is 24.9 Å². The van der Waals surface area contributed by atoms with Gasteiger partial charge in [0.2, 0.25) is 0 Å². The number of amides is 1. The monoisotopic (exact) mass is 389 g/mol. The summed E-state index contributed by atoms with van der Waals surface area (Å²) >= 11 is 0. The number of nitrogens with two attached hydrogens (primary N) is 1. The van der Waals surface area contributed by atoms with Crippen molar-refractivity contribution in [1.82, 2.24) is 20.5 Å². The molecule has 0 fully saturated rings. The number of anilines is 1. The van der Waals surface area contributed by atoms with Gasteiger partial charge in [-0.1, -0.05) is 6.92 Å². The smallest absolute Gasteiger partial charge is 0.407 e. The number of rotatable bonds is 6. The number of alkyl carbamates (subject to hydrolysis) is 1. The molecule has 0 aromatic carbocycles. The van der Waals surface area contributed by atoms with Crippen LogP contribution >= 0.6 is 0 Å². The van der Waals surface area contributed by atoms with Gasteiger partial charge < -0.3 is 25.3 Å². The molecule has 1 atom stereocenters. The van der Waals surface area contributed by atoms with E-state index >= 15 is 0 Å². The van der Waals surface area contributed by atoms with Gasteiger partial charge in [0.25, 0.3) is 0 Å². The van der Waals surface area contributed by atoms with Gasteiger partial charge in [0.15, 0.2) is 11.5 Å². The van der Waals surface area contributed by atoms with E-state index in [1.165, 1.54) is 0 Å². The number of aromatic amines is 1. The number of fused-ring (bicyclic) bond motifs is 1. The van der Waals surface area contributed by atoms with Crippen LogP contribution in [0.15, 0.2) is 12.3 Å². The van der Waals surface area contributed by atoms with Crippen LogP contribution in [0.3, 0.4) is 0 Å². The summed E-state index contributed by atoms with van der Waals surface area (Å²) in [5, 5.41) is 9.65. The van der Waals surface area contributed by atoms with E-state index in [0.717, 1.165) is 17.7 Å². The summed E-state index contributed by atoms with van der Waals surface area (Å²) < 4.78 is 17.0. The predicted octanol–water partition coefficient (Wildman–Crippen LogP) is 2.53. The van der Waals surface area contributed by atoms with Gasteiger partial charge in [-0.05, 0) is 20.8 Å². The molecule has 2 aromatic heterocycles. The minimum atomic E-state index is -0.527. The van der Waals surface area contributed by atoms with E-state index in [9.17, 15) is 4.79 Å². The fraction of sp³-hybridized carbons (Fsp3) is 0.526. The Balaban J connectivity index is 1.65. The van der Waals surface area contributed by atoms with E-state index in [-0.39, 0.29) is 5.92 Å². The van der Waals surface area contributed by atoms with E-state index in [0.29, 0.717) is 42.8 Å². The van der Waals surface area contributed by atoms with Crippen molar-refractivity contribution < 1.29 is 19.0 Å². The summed E-state index contributed by atoms with van der Waals surface area (Å²) in [5.41, 5.74) is 7.59. The first-order valence-corrected chi connectivity index (χ1v) is 9.28. The number of nitrogens with zero attached hydrogens (tertiary/aromatic N) is 2. The van der Waals surface area contributed by atoms with Crippen molar-refractivity contribution in [2.75, 3.05) is 25.5 Å². The first-order valence-electron chi connectivity index (χ1n) is 9.28. The van der Waals surface area contributed by atoms with Crippen LogP contribution in [0.2, 0.25) is 0 Å². The van der Waals surface area contributed by atoms with Crippen LogP contribution in [0, 0.1) is 5.92 Å². The molecule has 1 aliphatic heterocycles. The van der Waals surface area contributed by atoms with Crippen molar-refractivity contribution in [3.63, 3.8) is 0 Å². The van der Waals surface area contributed by atoms with E-state index < -0.39 is 11.7 Å². The van der Waals surface area contributed by atoms with Crippen LogP contribution in [0.25, 0.3) is 11.3 Å². The van der Waals surface area contributed by atoms with Gasteiger partial charge in [-0.3, -0.25) is 10.1 Å². The lowest BCUT2D eigenvalue weighted by atomic mass is 10.1. The molecule has 4 N–H and O–H groups in total. The van der Waals surface area contributed by atoms with Crippen LogP contribution in [-0.4, -0.2) is 46.6 Å². The highest BCUT2D eigenvalue weighted by atomic mass is 16.6. The van der Waals surface area contributed by atoms with Crippen molar-refractivity contribution in [3.8, 4) is 22.8 Å². The zero-order valence-corrected chi connectivity index (χ0v) is 16.7. The highest BCUT2D eigenvalue weighted by Crippen LogP contribution is 2.41. The number of aromatic nitrogens is 3. The molecule has 2 aromatic rings. The highest BCUT2D eigenvalue weighted by Gasteiger charge is 2.25. The summed E-state index contributed by atoms with van der Waals surface area (Å²) in [6.45, 7) is 8.84. The van der Waals surface area contributed by atoms with Crippen molar-refractivity contribution in [2.45, 2.75) is 39.7 Å². The maximum absolute atomic E-state index is 11.8. The minimum Gasteiger partial charge on any atom is -0.491 e.